The van der Waals surface area contributed by atoms with E-state index in [1.807, 2.05) is 0 Å². The number of ether oxygens (including phenoxy) is 2. The molecule has 0 aliphatic rings. The number of hydrogen-bond donors (Lipinski definition) is 2. The number of nitrogens with one attached hydrogen (secondary N) is 1. The van der Waals surface area contributed by atoms with E-state index < -0.39 is 29.3 Å². The number of unbranched alkanes of at least 4 members (excludes halogenated alkanes) is 1. The van der Waals surface area contributed by atoms with E-state index >= 15 is 0 Å². The van der Waals surface area contributed by atoms with Crippen LogP contribution in [-0.2, 0) is 30.4 Å². The van der Waals surface area contributed by atoms with Crippen LogP contribution in [0.2, 0.25) is 0 Å². The Morgan fingerprint density at radius 1 is 1.14 bits per heavy atom. The minimum Gasteiger partial charge on any atom is -1.00 e. The molecule has 0 aliphatic carbocycles. The predicted octanol–water partition coefficient (Wildman–Crippen LogP) is -3.36. The van der Waals surface area contributed by atoms with Crippen LogP contribution in [0.5, 0.6) is 0 Å². The predicted molar refractivity (Wildman–Crippen MR) is 96.6 cm³/mol. The van der Waals surface area contributed by atoms with E-state index in [4.69, 9.17) is 15.2 Å². The minimum atomic E-state index is -1.88. The summed E-state index contributed by atoms with van der Waals surface area (Å²) < 4.78 is 11.6. The highest BCUT2D eigenvalue weighted by Gasteiger charge is 2.49. The van der Waals surface area contributed by atoms with Gasteiger partial charge in [-0.3, -0.25) is 9.59 Å². The average Bonchev–Trinajstić information content (AvgIpc) is 2.64. The van der Waals surface area contributed by atoms with E-state index in [-0.39, 0.29) is 43.6 Å². The van der Waals surface area contributed by atoms with E-state index in [2.05, 4.69) is 10.4 Å². The van der Waals surface area contributed by atoms with Gasteiger partial charge in [-0.25, -0.2) is 9.59 Å². The Kier molecular flexibility index (Phi) is 12.0. The number of aromatic nitrogens is 2. The van der Waals surface area contributed by atoms with Gasteiger partial charge in [0.05, 0.1) is 18.8 Å². The van der Waals surface area contributed by atoms with Gasteiger partial charge >= 0.3 is 11.9 Å². The molecule has 0 aliphatic heterocycles. The van der Waals surface area contributed by atoms with Crippen LogP contribution in [0.25, 0.3) is 0 Å². The monoisotopic (exact) mass is 522 g/mol. The van der Waals surface area contributed by atoms with Crippen LogP contribution in [0.4, 0.5) is 0 Å². The molecule has 1 rings (SSSR count). The number of nitrogens with zero attached hydrogens (tertiary/aromatic N) is 2. The number of carbonyl (C=O) groups is 4. The lowest BCUT2D eigenvalue weighted by Gasteiger charge is -2.29. The summed E-state index contributed by atoms with van der Waals surface area (Å²) in [6.07, 6.45) is 3.95. The summed E-state index contributed by atoms with van der Waals surface area (Å²) >= 11 is 0. The van der Waals surface area contributed by atoms with E-state index in [1.54, 1.807) is 30.8 Å². The van der Waals surface area contributed by atoms with Crippen molar-refractivity contribution in [3.05, 3.63) is 24.0 Å². The Hall–Kier alpha value is -2.31. The number of hydrogen-bond acceptors (Lipinski definition) is 7. The van der Waals surface area contributed by atoms with Gasteiger partial charge in [-0.05, 0) is 31.8 Å². The van der Waals surface area contributed by atoms with Crippen molar-refractivity contribution in [1.82, 2.24) is 10.4 Å². The van der Waals surface area contributed by atoms with Crippen LogP contribution in [0.3, 0.4) is 0 Å². The Morgan fingerprint density at radius 3 is 2.14 bits per heavy atom. The van der Waals surface area contributed by atoms with Gasteiger partial charge in [-0.15, -0.1) is 0 Å². The molecule has 0 fully saturated rings. The van der Waals surface area contributed by atoms with E-state index in [9.17, 15) is 19.2 Å². The zero-order valence-corrected chi connectivity index (χ0v) is 18.9. The van der Waals surface area contributed by atoms with Crippen LogP contribution in [-0.4, -0.2) is 47.6 Å². The third-order valence-electron chi connectivity index (χ3n) is 3.88. The molecule has 0 unspecified atom stereocenters. The summed E-state index contributed by atoms with van der Waals surface area (Å²) in [5.74, 6) is -2.80. The van der Waals surface area contributed by atoms with Crippen molar-refractivity contribution < 1.29 is 57.3 Å². The molecule has 11 heteroatoms. The third-order valence-corrected chi connectivity index (χ3v) is 3.88. The first-order valence-corrected chi connectivity index (χ1v) is 9.05. The summed E-state index contributed by atoms with van der Waals surface area (Å²) in [6.45, 7) is 5.03. The third kappa shape index (κ3) is 7.91. The topological polar surface area (TPSA) is 142 Å². The second kappa shape index (κ2) is 13.0. The number of carbonyl (C=O) groups excluding carboxylic acids is 4. The van der Waals surface area contributed by atoms with Crippen molar-refractivity contribution in [1.29, 1.82) is 0 Å². The SMILES string of the molecule is CCOC(=O)C(CCCC[n+]1ccc(C(N)=O)cn1)(NC(C)=O)C(=O)OCC.[I-]. The standard InChI is InChI=1S/C18H26N4O6.HI/c1-4-27-16(25)18(21-13(3)23,17(26)28-5-2)9-6-7-10-22-11-8-14(12-20-22)15(19)24;/h8,11-12H,4-7,9-10H2,1-3H3,(H2-,19,21,23,24);1H. The van der Waals surface area contributed by atoms with Crippen molar-refractivity contribution in [2.75, 3.05) is 13.2 Å². The van der Waals surface area contributed by atoms with Gasteiger partial charge in [0.25, 0.3) is 5.91 Å². The molecular weight excluding hydrogens is 495 g/mol. The lowest BCUT2D eigenvalue weighted by molar-refractivity contribution is -0.754. The van der Waals surface area contributed by atoms with Gasteiger partial charge in [0, 0.05) is 19.4 Å². The van der Waals surface area contributed by atoms with Crippen LogP contribution >= 0.6 is 0 Å². The number of primary amides is 1. The number of esters is 2. The molecule has 0 radical (unpaired) electrons. The zero-order chi connectivity index (χ0) is 21.2. The molecule has 3 N–H and O–H groups in total. The summed E-state index contributed by atoms with van der Waals surface area (Å²) in [5, 5.41) is 6.49. The fourth-order valence-corrected chi connectivity index (χ4v) is 2.59. The molecule has 29 heavy (non-hydrogen) atoms. The maximum atomic E-state index is 12.5. The van der Waals surface area contributed by atoms with Gasteiger partial charge < -0.3 is 44.5 Å². The Bertz CT molecular complexity index is 693. The second-order valence-electron chi connectivity index (χ2n) is 6.03. The Labute approximate surface area is 186 Å². The molecule has 10 nitrogen and oxygen atoms in total. The highest BCUT2D eigenvalue weighted by molar-refractivity contribution is 6.07. The van der Waals surface area contributed by atoms with Crippen LogP contribution in [0, 0.1) is 0 Å². The quantitative estimate of drug-likeness (QED) is 0.102. The van der Waals surface area contributed by atoms with Crippen LogP contribution < -0.4 is 39.7 Å². The minimum absolute atomic E-state index is 0. The van der Waals surface area contributed by atoms with E-state index in [1.165, 1.54) is 13.1 Å². The fraction of sp³-hybridized carbons (Fsp3) is 0.556. The van der Waals surface area contributed by atoms with Crippen molar-refractivity contribution in [2.45, 2.75) is 52.1 Å². The van der Waals surface area contributed by atoms with Crippen LogP contribution in [0.1, 0.15) is 50.4 Å². The normalized spacial score (nSPS) is 10.4. The van der Waals surface area contributed by atoms with Gasteiger partial charge in [0.1, 0.15) is 6.20 Å². The lowest BCUT2D eigenvalue weighted by Crippen LogP contribution is -3.00. The highest BCUT2D eigenvalue weighted by atomic mass is 127. The van der Waals surface area contributed by atoms with Gasteiger partial charge in [-0.2, -0.15) is 0 Å². The van der Waals surface area contributed by atoms with E-state index in [0.717, 1.165) is 0 Å². The molecule has 0 saturated heterocycles. The molecule has 0 atom stereocenters. The number of nitrogens with two attached hydrogens (primary N) is 1. The first-order valence-electron chi connectivity index (χ1n) is 9.05. The maximum absolute atomic E-state index is 12.5. The number of aryl methyl sites for hydroxylation is 1. The van der Waals surface area contributed by atoms with Gasteiger partial charge in [-0.1, -0.05) is 4.68 Å². The molecule has 0 aromatic carbocycles. The molecule has 2 amide bonds. The Balaban J connectivity index is 0.00000784. The van der Waals surface area contributed by atoms with Crippen molar-refractivity contribution >= 4 is 23.8 Å². The summed E-state index contributed by atoms with van der Waals surface area (Å²) in [6, 6.07) is 1.55. The lowest BCUT2D eigenvalue weighted by atomic mass is 9.92. The van der Waals surface area contributed by atoms with Crippen molar-refractivity contribution in [3.8, 4) is 0 Å². The average molecular weight is 522 g/mol. The van der Waals surface area contributed by atoms with Crippen LogP contribution in [0.15, 0.2) is 18.5 Å². The van der Waals surface area contributed by atoms with Gasteiger partial charge in [0.15, 0.2) is 12.7 Å². The molecule has 1 aromatic heterocycles. The van der Waals surface area contributed by atoms with E-state index in [0.29, 0.717) is 24.9 Å². The molecule has 0 saturated carbocycles. The number of rotatable bonds is 11. The molecule has 1 heterocycles. The van der Waals surface area contributed by atoms with Crippen molar-refractivity contribution in [2.24, 2.45) is 5.73 Å². The Morgan fingerprint density at radius 2 is 1.72 bits per heavy atom. The molecule has 0 bridgehead atoms. The largest absolute Gasteiger partial charge is 1.00 e. The highest BCUT2D eigenvalue weighted by Crippen LogP contribution is 2.20. The fourth-order valence-electron chi connectivity index (χ4n) is 2.59. The number of halogens is 1. The first-order chi connectivity index (χ1) is 13.3. The molecule has 0 spiro atoms. The zero-order valence-electron chi connectivity index (χ0n) is 16.8. The van der Waals surface area contributed by atoms with Gasteiger partial charge in [0.2, 0.25) is 11.4 Å². The molecule has 1 aromatic rings. The number of amides is 2. The first kappa shape index (κ1) is 26.7. The second-order valence-corrected chi connectivity index (χ2v) is 6.03. The van der Waals surface area contributed by atoms with Crippen molar-refractivity contribution in [3.63, 3.8) is 0 Å². The molecular formula is C18H27IN4O6. The summed E-state index contributed by atoms with van der Waals surface area (Å²) in [4.78, 5) is 47.7. The maximum Gasteiger partial charge on any atom is 0.343 e. The summed E-state index contributed by atoms with van der Waals surface area (Å²) in [7, 11) is 0. The summed E-state index contributed by atoms with van der Waals surface area (Å²) in [5.41, 5.74) is 3.58. The molecule has 162 valence electrons. The smallest absolute Gasteiger partial charge is 0.343 e.